The second-order valence-electron chi connectivity index (χ2n) is 12.0. The Morgan fingerprint density at radius 2 is 1.76 bits per heavy atom. The predicted molar refractivity (Wildman–Crippen MR) is 130 cm³/mol. The highest BCUT2D eigenvalue weighted by atomic mass is 19.3. The third-order valence-electron chi connectivity index (χ3n) is 8.12. The minimum Gasteiger partial charge on any atom is -0.356 e. The van der Waals surface area contributed by atoms with Gasteiger partial charge in [-0.15, -0.1) is 0 Å². The lowest BCUT2D eigenvalue weighted by molar-refractivity contribution is -0.148. The molecular weight excluding hydrogens is 504 g/mol. The van der Waals surface area contributed by atoms with E-state index in [1.165, 1.54) is 11.9 Å². The summed E-state index contributed by atoms with van der Waals surface area (Å²) in [4.78, 5) is 77.5. The molecule has 0 aromatic carbocycles. The molecule has 0 bridgehead atoms. The number of halogens is 2. The summed E-state index contributed by atoms with van der Waals surface area (Å²) in [6.07, 6.45) is -2.96. The molecule has 0 radical (unpaired) electrons. The van der Waals surface area contributed by atoms with Gasteiger partial charge in [0.05, 0.1) is 6.04 Å². The number of carbonyl (C=O) groups is 6. The number of nitrogens with zero attached hydrogens (tertiary/aromatic N) is 1. The fraction of sp³-hybridized carbons (Fsp3) is 0.760. The van der Waals surface area contributed by atoms with Crippen LogP contribution in [0.2, 0.25) is 0 Å². The summed E-state index contributed by atoms with van der Waals surface area (Å²) in [5.74, 6) is -5.97. The first kappa shape index (κ1) is 29.4. The molecule has 13 heteroatoms. The van der Waals surface area contributed by atoms with Gasteiger partial charge in [-0.25, -0.2) is 0 Å². The molecule has 2 heterocycles. The Bertz CT molecular complexity index is 1030. The van der Waals surface area contributed by atoms with Crippen molar-refractivity contribution in [1.29, 1.82) is 0 Å². The van der Waals surface area contributed by atoms with Gasteiger partial charge in [0.15, 0.2) is 0 Å². The van der Waals surface area contributed by atoms with E-state index in [4.69, 9.17) is 0 Å². The van der Waals surface area contributed by atoms with Gasteiger partial charge < -0.3 is 26.2 Å². The largest absolute Gasteiger partial charge is 0.356 e. The molecule has 0 aromatic heterocycles. The molecule has 1 saturated carbocycles. The molecule has 0 unspecified atom stereocenters. The van der Waals surface area contributed by atoms with Crippen LogP contribution < -0.4 is 21.3 Å². The van der Waals surface area contributed by atoms with Gasteiger partial charge in [-0.1, -0.05) is 34.6 Å². The standard InChI is InChI=1S/C25H37F2N5O6/c1-24(2,3)17(31-22(37)18(26)27)23(38)32-10-12-14(25(12,4)5)15(32)20(35)30-13(16(33)21(36)28-6)9-11-7-8-29-19(11)34/h11-15,17-18H,7-10H2,1-6H3,(H,28,36)(H,29,34)(H,30,35)(H,31,37)/t11-,12-,13-,14-,15-,17+/m0/s1. The van der Waals surface area contributed by atoms with Gasteiger partial charge >= 0.3 is 6.43 Å². The third kappa shape index (κ3) is 5.65. The van der Waals surface area contributed by atoms with Crippen molar-refractivity contribution in [3.8, 4) is 0 Å². The van der Waals surface area contributed by atoms with E-state index in [1.807, 2.05) is 13.8 Å². The van der Waals surface area contributed by atoms with Gasteiger partial charge in [0.25, 0.3) is 11.8 Å². The van der Waals surface area contributed by atoms with Gasteiger partial charge in [-0.2, -0.15) is 8.78 Å². The van der Waals surface area contributed by atoms with Crippen LogP contribution >= 0.6 is 0 Å². The minimum absolute atomic E-state index is 0.0534. The van der Waals surface area contributed by atoms with Crippen LogP contribution in [-0.4, -0.2) is 84.9 Å². The lowest BCUT2D eigenvalue weighted by Crippen LogP contribution is -2.61. The van der Waals surface area contributed by atoms with Crippen LogP contribution in [0.15, 0.2) is 0 Å². The number of piperidine rings is 1. The van der Waals surface area contributed by atoms with E-state index in [-0.39, 0.29) is 36.1 Å². The third-order valence-corrected chi connectivity index (χ3v) is 8.12. The fourth-order valence-electron chi connectivity index (χ4n) is 5.76. The van der Waals surface area contributed by atoms with Crippen molar-refractivity contribution in [2.24, 2.45) is 28.6 Å². The molecule has 3 fully saturated rings. The number of amides is 5. The number of ketones is 1. The lowest BCUT2D eigenvalue weighted by Gasteiger charge is -2.38. The number of Topliss-reactive ketones (excluding diaryl/α,β-unsaturated/α-hetero) is 1. The zero-order chi connectivity index (χ0) is 28.7. The van der Waals surface area contributed by atoms with Crippen molar-refractivity contribution >= 4 is 35.3 Å². The van der Waals surface area contributed by atoms with Crippen molar-refractivity contribution in [3.63, 3.8) is 0 Å². The molecule has 0 spiro atoms. The number of rotatable bonds is 9. The zero-order valence-electron chi connectivity index (χ0n) is 22.5. The summed E-state index contributed by atoms with van der Waals surface area (Å²) < 4.78 is 26.0. The second-order valence-corrected chi connectivity index (χ2v) is 12.0. The molecule has 212 valence electrons. The van der Waals surface area contributed by atoms with E-state index in [0.29, 0.717) is 13.0 Å². The lowest BCUT2D eigenvalue weighted by atomic mass is 9.85. The number of nitrogens with one attached hydrogen (secondary N) is 4. The van der Waals surface area contributed by atoms with Gasteiger partial charge in [0, 0.05) is 26.1 Å². The average Bonchev–Trinajstić information content (AvgIpc) is 3.19. The molecule has 11 nitrogen and oxygen atoms in total. The maximum atomic E-state index is 13.7. The first-order valence-corrected chi connectivity index (χ1v) is 12.7. The fourth-order valence-corrected chi connectivity index (χ4v) is 5.76. The van der Waals surface area contributed by atoms with E-state index < -0.39 is 65.3 Å². The van der Waals surface area contributed by atoms with Crippen LogP contribution in [0.4, 0.5) is 8.78 Å². The van der Waals surface area contributed by atoms with Crippen LogP contribution in [0.5, 0.6) is 0 Å². The van der Waals surface area contributed by atoms with Crippen LogP contribution in [0.3, 0.4) is 0 Å². The van der Waals surface area contributed by atoms with Gasteiger partial charge in [-0.05, 0) is 35.5 Å². The molecule has 38 heavy (non-hydrogen) atoms. The molecule has 6 atom stereocenters. The molecule has 2 aliphatic heterocycles. The normalized spacial score (nSPS) is 27.2. The highest BCUT2D eigenvalue weighted by molar-refractivity contribution is 6.38. The second kappa shape index (κ2) is 10.6. The quantitative estimate of drug-likeness (QED) is 0.291. The Hall–Kier alpha value is -3.12. The van der Waals surface area contributed by atoms with Crippen molar-refractivity contribution in [2.75, 3.05) is 20.1 Å². The Kier molecular flexibility index (Phi) is 8.18. The van der Waals surface area contributed by atoms with Crippen molar-refractivity contribution in [2.45, 2.75) is 72.0 Å². The van der Waals surface area contributed by atoms with Crippen molar-refractivity contribution < 1.29 is 37.5 Å². The summed E-state index contributed by atoms with van der Waals surface area (Å²) >= 11 is 0. The molecule has 3 aliphatic rings. The minimum atomic E-state index is -3.32. The maximum absolute atomic E-state index is 13.7. The SMILES string of the molecule is CNC(=O)C(=O)[C@H](C[C@@H]1CCNC1=O)NC(=O)[C@@H]1[C@@H]2[C@H](CN1C(=O)[C@@H](NC(=O)C(F)F)C(C)(C)C)C2(C)C. The smallest absolute Gasteiger partial charge is 0.315 e. The zero-order valence-corrected chi connectivity index (χ0v) is 22.5. The molecule has 2 saturated heterocycles. The summed E-state index contributed by atoms with van der Waals surface area (Å²) in [6.45, 7) is 9.32. The number of hydrogen-bond donors (Lipinski definition) is 4. The molecule has 3 rings (SSSR count). The van der Waals surface area contributed by atoms with Crippen LogP contribution in [0.1, 0.15) is 47.5 Å². The van der Waals surface area contributed by atoms with E-state index in [2.05, 4.69) is 21.3 Å². The number of fused-ring (bicyclic) bond motifs is 1. The van der Waals surface area contributed by atoms with E-state index in [1.54, 1.807) is 20.8 Å². The monoisotopic (exact) mass is 541 g/mol. The Morgan fingerprint density at radius 3 is 2.26 bits per heavy atom. The first-order valence-electron chi connectivity index (χ1n) is 12.7. The Labute approximate surface area is 220 Å². The van der Waals surface area contributed by atoms with E-state index in [0.717, 1.165) is 0 Å². The van der Waals surface area contributed by atoms with Crippen LogP contribution in [0, 0.1) is 28.6 Å². The van der Waals surface area contributed by atoms with Crippen LogP contribution in [-0.2, 0) is 28.8 Å². The molecule has 5 amide bonds. The first-order chi connectivity index (χ1) is 17.5. The number of alkyl halides is 2. The topological polar surface area (TPSA) is 154 Å². The number of hydrogen-bond acceptors (Lipinski definition) is 6. The number of carbonyl (C=O) groups excluding carboxylic acids is 6. The van der Waals surface area contributed by atoms with E-state index in [9.17, 15) is 37.5 Å². The Balaban J connectivity index is 1.88. The number of likely N-dealkylation sites (tertiary alicyclic amines) is 1. The summed E-state index contributed by atoms with van der Waals surface area (Å²) in [5.41, 5.74) is -1.24. The molecule has 4 N–H and O–H groups in total. The highest BCUT2D eigenvalue weighted by Gasteiger charge is 2.70. The van der Waals surface area contributed by atoms with Gasteiger partial charge in [-0.3, -0.25) is 28.8 Å². The van der Waals surface area contributed by atoms with Crippen LogP contribution in [0.25, 0.3) is 0 Å². The molecule has 1 aliphatic carbocycles. The predicted octanol–water partition coefficient (Wildman–Crippen LogP) is -0.408. The number of likely N-dealkylation sites (N-methyl/N-ethyl adjacent to an activating group) is 1. The Morgan fingerprint density at radius 1 is 1.13 bits per heavy atom. The molecular formula is C25H37F2N5O6. The van der Waals surface area contributed by atoms with Crippen molar-refractivity contribution in [1.82, 2.24) is 26.2 Å². The summed E-state index contributed by atoms with van der Waals surface area (Å²) in [7, 11) is 1.27. The average molecular weight is 542 g/mol. The summed E-state index contributed by atoms with van der Waals surface area (Å²) in [6, 6.07) is -3.68. The molecule has 0 aromatic rings. The van der Waals surface area contributed by atoms with Crippen molar-refractivity contribution in [3.05, 3.63) is 0 Å². The van der Waals surface area contributed by atoms with Gasteiger partial charge in [0.2, 0.25) is 23.5 Å². The highest BCUT2D eigenvalue weighted by Crippen LogP contribution is 2.65. The summed E-state index contributed by atoms with van der Waals surface area (Å²) in [5, 5.41) is 9.61. The maximum Gasteiger partial charge on any atom is 0.315 e. The van der Waals surface area contributed by atoms with Gasteiger partial charge in [0.1, 0.15) is 12.1 Å². The van der Waals surface area contributed by atoms with E-state index >= 15 is 0 Å².